The lowest BCUT2D eigenvalue weighted by atomic mass is 10.2. The van der Waals surface area contributed by atoms with Crippen molar-refractivity contribution < 1.29 is 0 Å². The van der Waals surface area contributed by atoms with Crippen LogP contribution in [0.25, 0.3) is 0 Å². The van der Waals surface area contributed by atoms with Crippen molar-refractivity contribution in [3.8, 4) is 0 Å². The fourth-order valence-corrected chi connectivity index (χ4v) is 2.16. The van der Waals surface area contributed by atoms with Gasteiger partial charge in [-0.2, -0.15) is 0 Å². The minimum atomic E-state index is 1.22. The van der Waals surface area contributed by atoms with Crippen LogP contribution in [0, 0.1) is 0 Å². The maximum Gasteiger partial charge on any atom is 0.0110 e. The second-order valence-corrected chi connectivity index (χ2v) is 4.84. The summed E-state index contributed by atoms with van der Waals surface area (Å²) in [4.78, 5) is 7.46. The normalized spacial score (nSPS) is 20.0. The van der Waals surface area contributed by atoms with Crippen molar-refractivity contribution >= 4 is 0 Å². The van der Waals surface area contributed by atoms with Crippen LogP contribution in [0.2, 0.25) is 0 Å². The van der Waals surface area contributed by atoms with Gasteiger partial charge in [0.05, 0.1) is 0 Å². The van der Waals surface area contributed by atoms with E-state index in [1.807, 2.05) is 0 Å². The van der Waals surface area contributed by atoms with E-state index < -0.39 is 0 Å². The molecule has 1 aliphatic heterocycles. The van der Waals surface area contributed by atoms with E-state index in [2.05, 4.69) is 35.7 Å². The zero-order valence-corrected chi connectivity index (χ0v) is 10.7. The molecule has 0 aliphatic carbocycles. The van der Waals surface area contributed by atoms with Gasteiger partial charge in [-0.1, -0.05) is 6.92 Å². The molecule has 3 heteroatoms. The minimum Gasteiger partial charge on any atom is -0.309 e. The fourth-order valence-electron chi connectivity index (χ4n) is 2.16. The smallest absolute Gasteiger partial charge is 0.0110 e. The summed E-state index contributed by atoms with van der Waals surface area (Å²) in [6.45, 7) is 11.1. The Balaban J connectivity index is 2.04. The van der Waals surface area contributed by atoms with Gasteiger partial charge in [0.1, 0.15) is 0 Å². The van der Waals surface area contributed by atoms with Crippen LogP contribution in [-0.2, 0) is 0 Å². The van der Waals surface area contributed by atoms with E-state index in [0.29, 0.717) is 0 Å². The van der Waals surface area contributed by atoms with Crippen LogP contribution >= 0.6 is 0 Å². The van der Waals surface area contributed by atoms with Crippen LogP contribution < -0.4 is 0 Å². The molecule has 15 heavy (non-hydrogen) atoms. The third-order valence-corrected chi connectivity index (χ3v) is 3.08. The minimum absolute atomic E-state index is 1.22. The van der Waals surface area contributed by atoms with Gasteiger partial charge in [0.15, 0.2) is 0 Å². The highest BCUT2D eigenvalue weighted by atomic mass is 15.3. The molecule has 0 bridgehead atoms. The van der Waals surface area contributed by atoms with Crippen molar-refractivity contribution in [2.45, 2.75) is 19.8 Å². The number of hydrogen-bond donors (Lipinski definition) is 0. The molecule has 0 amide bonds. The second kappa shape index (κ2) is 7.20. The molecule has 0 radical (unpaired) electrons. The fraction of sp³-hybridized carbons (Fsp3) is 1.00. The maximum absolute atomic E-state index is 2.61. The topological polar surface area (TPSA) is 9.72 Å². The van der Waals surface area contributed by atoms with Crippen molar-refractivity contribution in [3.05, 3.63) is 0 Å². The molecule has 3 nitrogen and oxygen atoms in total. The highest BCUT2D eigenvalue weighted by Crippen LogP contribution is 2.03. The van der Waals surface area contributed by atoms with Gasteiger partial charge in [-0.25, -0.2) is 0 Å². The van der Waals surface area contributed by atoms with E-state index in [9.17, 15) is 0 Å². The predicted octanol–water partition coefficient (Wildman–Crippen LogP) is 0.966. The van der Waals surface area contributed by atoms with Crippen molar-refractivity contribution in [1.29, 1.82) is 0 Å². The van der Waals surface area contributed by atoms with Gasteiger partial charge in [0.25, 0.3) is 0 Å². The Morgan fingerprint density at radius 3 is 1.93 bits per heavy atom. The third kappa shape index (κ3) is 5.50. The average Bonchev–Trinajstić information content (AvgIpc) is 2.20. The highest BCUT2D eigenvalue weighted by molar-refractivity contribution is 4.71. The summed E-state index contributed by atoms with van der Waals surface area (Å²) in [6.07, 6.45) is 2.60. The number of piperazine rings is 1. The molecule has 1 aliphatic rings. The molecule has 1 rings (SSSR count). The van der Waals surface area contributed by atoms with Crippen LogP contribution in [0.15, 0.2) is 0 Å². The van der Waals surface area contributed by atoms with Gasteiger partial charge in [-0.15, -0.1) is 0 Å². The summed E-state index contributed by atoms with van der Waals surface area (Å²) in [6, 6.07) is 0. The monoisotopic (exact) mass is 213 g/mol. The van der Waals surface area contributed by atoms with Gasteiger partial charge in [-0.3, -0.25) is 0 Å². The molecular formula is C12H27N3. The summed E-state index contributed by atoms with van der Waals surface area (Å²) in [7, 11) is 4.30. The van der Waals surface area contributed by atoms with Crippen molar-refractivity contribution in [2.75, 3.05) is 59.9 Å². The Labute approximate surface area is 95.0 Å². The Hall–Kier alpha value is -0.120. The first kappa shape index (κ1) is 12.9. The lowest BCUT2D eigenvalue weighted by molar-refractivity contribution is 0.129. The Bertz CT molecular complexity index is 151. The second-order valence-electron chi connectivity index (χ2n) is 4.84. The number of nitrogens with zero attached hydrogens (tertiary/aromatic N) is 3. The molecule has 1 fully saturated rings. The van der Waals surface area contributed by atoms with Gasteiger partial charge in [0.2, 0.25) is 0 Å². The van der Waals surface area contributed by atoms with Crippen LogP contribution in [0.1, 0.15) is 19.8 Å². The van der Waals surface area contributed by atoms with Crippen molar-refractivity contribution in [3.63, 3.8) is 0 Å². The van der Waals surface area contributed by atoms with Gasteiger partial charge in [0, 0.05) is 26.2 Å². The lowest BCUT2D eigenvalue weighted by Crippen LogP contribution is -2.46. The van der Waals surface area contributed by atoms with E-state index in [-0.39, 0.29) is 0 Å². The molecule has 1 heterocycles. The molecule has 0 N–H and O–H groups in total. The molecule has 0 atom stereocenters. The molecule has 90 valence electrons. The molecule has 0 aromatic carbocycles. The van der Waals surface area contributed by atoms with Gasteiger partial charge >= 0.3 is 0 Å². The Morgan fingerprint density at radius 2 is 1.47 bits per heavy atom. The lowest BCUT2D eigenvalue weighted by Gasteiger charge is -2.34. The Morgan fingerprint density at radius 1 is 0.933 bits per heavy atom. The summed E-state index contributed by atoms with van der Waals surface area (Å²) < 4.78 is 0. The van der Waals surface area contributed by atoms with Gasteiger partial charge < -0.3 is 14.7 Å². The van der Waals surface area contributed by atoms with Crippen molar-refractivity contribution in [2.24, 2.45) is 0 Å². The van der Waals surface area contributed by atoms with Crippen molar-refractivity contribution in [1.82, 2.24) is 14.7 Å². The largest absolute Gasteiger partial charge is 0.309 e. The summed E-state index contributed by atoms with van der Waals surface area (Å²) >= 11 is 0. The molecule has 1 saturated heterocycles. The van der Waals surface area contributed by atoms with Crippen LogP contribution in [-0.4, -0.2) is 74.6 Å². The summed E-state index contributed by atoms with van der Waals surface area (Å²) in [5.41, 5.74) is 0. The van der Waals surface area contributed by atoms with E-state index >= 15 is 0 Å². The molecule has 0 saturated carbocycles. The molecular weight excluding hydrogens is 186 g/mol. The first-order valence-electron chi connectivity index (χ1n) is 6.32. The molecule has 0 aromatic rings. The maximum atomic E-state index is 2.61. The first-order chi connectivity index (χ1) is 7.22. The molecule has 0 aromatic heterocycles. The SMILES string of the molecule is CCCN1CCN(CCCN(C)C)CC1. The highest BCUT2D eigenvalue weighted by Gasteiger charge is 2.15. The number of hydrogen-bond acceptors (Lipinski definition) is 3. The number of rotatable bonds is 6. The van der Waals surface area contributed by atoms with E-state index in [1.54, 1.807) is 0 Å². The van der Waals surface area contributed by atoms with E-state index in [1.165, 1.54) is 58.7 Å². The zero-order valence-electron chi connectivity index (χ0n) is 10.7. The third-order valence-electron chi connectivity index (χ3n) is 3.08. The zero-order chi connectivity index (χ0) is 11.1. The quantitative estimate of drug-likeness (QED) is 0.651. The Kier molecular flexibility index (Phi) is 6.22. The standard InChI is InChI=1S/C12H27N3/c1-4-6-14-9-11-15(12-10-14)8-5-7-13(2)3/h4-12H2,1-3H3. The van der Waals surface area contributed by atoms with Gasteiger partial charge in [-0.05, 0) is 46.6 Å². The predicted molar refractivity (Wildman–Crippen MR) is 66.3 cm³/mol. The molecule has 0 spiro atoms. The summed E-state index contributed by atoms with van der Waals surface area (Å²) in [5, 5.41) is 0. The van der Waals surface area contributed by atoms with Crippen LogP contribution in [0.5, 0.6) is 0 Å². The van der Waals surface area contributed by atoms with E-state index in [4.69, 9.17) is 0 Å². The molecule has 0 unspecified atom stereocenters. The van der Waals surface area contributed by atoms with E-state index in [0.717, 1.165) is 0 Å². The average molecular weight is 213 g/mol. The van der Waals surface area contributed by atoms with Crippen LogP contribution in [0.4, 0.5) is 0 Å². The first-order valence-corrected chi connectivity index (χ1v) is 6.32. The van der Waals surface area contributed by atoms with Crippen LogP contribution in [0.3, 0.4) is 0 Å². The summed E-state index contributed by atoms with van der Waals surface area (Å²) in [5.74, 6) is 0.